The molecule has 0 spiro atoms. The molecule has 0 aliphatic heterocycles. The first kappa shape index (κ1) is 17.8. The predicted octanol–water partition coefficient (Wildman–Crippen LogP) is 1.87. The summed E-state index contributed by atoms with van der Waals surface area (Å²) in [6, 6.07) is 0. The van der Waals surface area contributed by atoms with Gasteiger partial charge in [-0.2, -0.15) is 0 Å². The third-order valence-corrected chi connectivity index (χ3v) is 1.81. The first-order valence-corrected chi connectivity index (χ1v) is 5.68. The number of carbonyl (C=O) groups is 1. The number of amides is 1. The number of hydroxylamine groups is 2. The molecule has 0 rings (SSSR count). The molecule has 0 bridgehead atoms. The van der Waals surface area contributed by atoms with Gasteiger partial charge >= 0.3 is 0 Å². The van der Waals surface area contributed by atoms with Crippen LogP contribution in [0.3, 0.4) is 0 Å². The lowest BCUT2D eigenvalue weighted by Gasteiger charge is -2.15. The van der Waals surface area contributed by atoms with Crippen molar-refractivity contribution in [3.8, 4) is 0 Å². The highest BCUT2D eigenvalue weighted by Gasteiger charge is 2.11. The first-order chi connectivity index (χ1) is 7.22. The predicted molar refractivity (Wildman–Crippen MR) is 68.0 cm³/mol. The minimum atomic E-state index is -0.00231. The van der Waals surface area contributed by atoms with Crippen molar-refractivity contribution >= 4 is 5.91 Å². The maximum atomic E-state index is 10.9. The van der Waals surface area contributed by atoms with Crippen LogP contribution >= 0.6 is 0 Å². The molecule has 0 N–H and O–H groups in total. The fourth-order valence-electron chi connectivity index (χ4n) is 1.18. The molecule has 1 amide bonds. The van der Waals surface area contributed by atoms with E-state index in [4.69, 9.17) is 0 Å². The summed E-state index contributed by atoms with van der Waals surface area (Å²) < 4.78 is 0. The van der Waals surface area contributed by atoms with Gasteiger partial charge < -0.3 is 4.90 Å². The lowest BCUT2D eigenvalue weighted by molar-refractivity contribution is -0.172. The van der Waals surface area contributed by atoms with Gasteiger partial charge in [0, 0.05) is 13.0 Å². The minimum absolute atomic E-state index is 0.00231. The zero-order valence-electron chi connectivity index (χ0n) is 12.1. The highest BCUT2D eigenvalue weighted by atomic mass is 16.7. The van der Waals surface area contributed by atoms with Crippen molar-refractivity contribution in [1.82, 2.24) is 9.96 Å². The largest absolute Gasteiger partial charge is 0.309 e. The fourth-order valence-corrected chi connectivity index (χ4v) is 1.18. The Hall–Kier alpha value is -0.610. The van der Waals surface area contributed by atoms with Gasteiger partial charge in [0.2, 0.25) is 5.91 Å². The summed E-state index contributed by atoms with van der Waals surface area (Å²) in [5.41, 5.74) is 0. The third-order valence-electron chi connectivity index (χ3n) is 1.81. The van der Waals surface area contributed by atoms with Gasteiger partial charge in [-0.15, -0.1) is 0 Å². The molecule has 4 nitrogen and oxygen atoms in total. The van der Waals surface area contributed by atoms with Gasteiger partial charge in [0.15, 0.2) is 0 Å². The van der Waals surface area contributed by atoms with E-state index in [9.17, 15) is 4.79 Å². The van der Waals surface area contributed by atoms with Crippen LogP contribution in [0.2, 0.25) is 0 Å². The van der Waals surface area contributed by atoms with Gasteiger partial charge in [0.25, 0.3) is 0 Å². The van der Waals surface area contributed by atoms with E-state index in [1.54, 1.807) is 7.05 Å². The van der Waals surface area contributed by atoms with E-state index in [0.717, 1.165) is 5.92 Å². The van der Waals surface area contributed by atoms with Crippen LogP contribution in [0, 0.1) is 11.8 Å². The molecule has 0 atom stereocenters. The lowest BCUT2D eigenvalue weighted by atomic mass is 10.2. The Balaban J connectivity index is 0. The standard InChI is InChI=1S/C6H13NO2.C6H15N/c1-5(2)6(8)7(3)9-4;1-6(2)5-7(3)4/h5H,1-4H3;6H,5H2,1-4H3. The fraction of sp³-hybridized carbons (Fsp3) is 0.917. The average molecular weight is 232 g/mol. The van der Waals surface area contributed by atoms with E-state index in [1.165, 1.54) is 18.7 Å². The molecule has 0 aliphatic carbocycles. The van der Waals surface area contributed by atoms with Crippen LogP contribution in [0.15, 0.2) is 0 Å². The topological polar surface area (TPSA) is 32.8 Å². The molecule has 4 heteroatoms. The normalized spacial score (nSPS) is 10.4. The molecular formula is C12H28N2O2. The molecule has 0 heterocycles. The van der Waals surface area contributed by atoms with Crippen molar-refractivity contribution < 1.29 is 9.63 Å². The quantitative estimate of drug-likeness (QED) is 0.694. The molecule has 0 aliphatic rings. The minimum Gasteiger partial charge on any atom is -0.309 e. The SMILES string of the molecule is CC(C)CN(C)C.CON(C)C(=O)C(C)C. The molecule has 0 saturated heterocycles. The van der Waals surface area contributed by atoms with Crippen molar-refractivity contribution in [2.24, 2.45) is 11.8 Å². The molecule has 0 radical (unpaired) electrons. The van der Waals surface area contributed by atoms with Gasteiger partial charge in [-0.05, 0) is 26.6 Å². The van der Waals surface area contributed by atoms with Crippen molar-refractivity contribution in [1.29, 1.82) is 0 Å². The Morgan fingerprint density at radius 2 is 1.56 bits per heavy atom. The number of hydrogen-bond donors (Lipinski definition) is 0. The smallest absolute Gasteiger partial charge is 0.248 e. The monoisotopic (exact) mass is 232 g/mol. The Morgan fingerprint density at radius 1 is 1.12 bits per heavy atom. The van der Waals surface area contributed by atoms with Crippen LogP contribution in [0.4, 0.5) is 0 Å². The molecule has 0 aromatic carbocycles. The van der Waals surface area contributed by atoms with E-state index in [-0.39, 0.29) is 11.8 Å². The molecule has 0 saturated carbocycles. The average Bonchev–Trinajstić information content (AvgIpc) is 2.14. The Bertz CT molecular complexity index is 174. The Morgan fingerprint density at radius 3 is 1.62 bits per heavy atom. The zero-order valence-corrected chi connectivity index (χ0v) is 12.1. The highest BCUT2D eigenvalue weighted by Crippen LogP contribution is 1.97. The van der Waals surface area contributed by atoms with E-state index >= 15 is 0 Å². The van der Waals surface area contributed by atoms with E-state index in [2.05, 4.69) is 37.7 Å². The van der Waals surface area contributed by atoms with Crippen LogP contribution < -0.4 is 0 Å². The molecule has 0 unspecified atom stereocenters. The molecule has 0 fully saturated rings. The van der Waals surface area contributed by atoms with Gasteiger partial charge in [-0.25, -0.2) is 5.06 Å². The lowest BCUT2D eigenvalue weighted by Crippen LogP contribution is -2.29. The number of hydrogen-bond acceptors (Lipinski definition) is 3. The molecule has 0 aromatic rings. The van der Waals surface area contributed by atoms with Gasteiger partial charge in [-0.3, -0.25) is 9.63 Å². The van der Waals surface area contributed by atoms with Gasteiger partial charge in [0.1, 0.15) is 0 Å². The third kappa shape index (κ3) is 11.5. The van der Waals surface area contributed by atoms with E-state index < -0.39 is 0 Å². The van der Waals surface area contributed by atoms with Crippen molar-refractivity contribution in [3.05, 3.63) is 0 Å². The number of nitrogens with zero attached hydrogens (tertiary/aromatic N) is 2. The number of rotatable bonds is 4. The van der Waals surface area contributed by atoms with Crippen LogP contribution in [-0.4, -0.2) is 50.7 Å². The second-order valence-corrected chi connectivity index (χ2v) is 4.83. The molecule has 98 valence electrons. The Kier molecular flexibility index (Phi) is 10.7. The Labute approximate surface area is 101 Å². The summed E-state index contributed by atoms with van der Waals surface area (Å²) in [5.74, 6) is 0.808. The first-order valence-electron chi connectivity index (χ1n) is 5.68. The summed E-state index contributed by atoms with van der Waals surface area (Å²) in [7, 11) is 7.27. The highest BCUT2D eigenvalue weighted by molar-refractivity contribution is 5.76. The second kappa shape index (κ2) is 9.60. The van der Waals surface area contributed by atoms with Crippen LogP contribution in [-0.2, 0) is 9.63 Å². The van der Waals surface area contributed by atoms with Crippen molar-refractivity contribution in [2.45, 2.75) is 27.7 Å². The maximum absolute atomic E-state index is 10.9. The van der Waals surface area contributed by atoms with Crippen molar-refractivity contribution in [3.63, 3.8) is 0 Å². The summed E-state index contributed by atoms with van der Waals surface area (Å²) in [4.78, 5) is 17.7. The molecule has 0 aromatic heterocycles. The summed E-state index contributed by atoms with van der Waals surface area (Å²) in [6.45, 7) is 9.30. The van der Waals surface area contributed by atoms with E-state index in [1.807, 2.05) is 13.8 Å². The van der Waals surface area contributed by atoms with Gasteiger partial charge in [0.05, 0.1) is 7.11 Å². The van der Waals surface area contributed by atoms with Crippen molar-refractivity contribution in [2.75, 3.05) is 34.8 Å². The van der Waals surface area contributed by atoms with Crippen LogP contribution in [0.5, 0.6) is 0 Å². The van der Waals surface area contributed by atoms with Crippen LogP contribution in [0.25, 0.3) is 0 Å². The number of carbonyl (C=O) groups excluding carboxylic acids is 1. The molecule has 16 heavy (non-hydrogen) atoms. The van der Waals surface area contributed by atoms with E-state index in [0.29, 0.717) is 0 Å². The van der Waals surface area contributed by atoms with Gasteiger partial charge in [-0.1, -0.05) is 27.7 Å². The maximum Gasteiger partial charge on any atom is 0.248 e. The molecular weight excluding hydrogens is 204 g/mol. The summed E-state index contributed by atoms with van der Waals surface area (Å²) in [6.07, 6.45) is 0. The van der Waals surface area contributed by atoms with Crippen LogP contribution in [0.1, 0.15) is 27.7 Å². The summed E-state index contributed by atoms with van der Waals surface area (Å²) >= 11 is 0. The second-order valence-electron chi connectivity index (χ2n) is 4.83. The zero-order chi connectivity index (χ0) is 13.3. The summed E-state index contributed by atoms with van der Waals surface area (Å²) in [5, 5.41) is 1.23.